The third-order valence-corrected chi connectivity index (χ3v) is 3.51. The molecule has 0 aromatic heterocycles. The SMILES string of the molecule is O=C1N[13c]2[13cH][13cH][13c](Cl)[13cH][13c]2C(C#CC2CC2)(C(F)(F)F)O1. The van der Waals surface area contributed by atoms with E-state index in [1.807, 2.05) is 0 Å². The van der Waals surface area contributed by atoms with Crippen molar-refractivity contribution < 1.29 is 22.7 Å². The Bertz CT molecular complexity index is 673. The normalized spacial score (nSPS) is 24.3. The van der Waals surface area contributed by atoms with E-state index >= 15 is 0 Å². The van der Waals surface area contributed by atoms with Crippen molar-refractivity contribution >= 4 is 23.4 Å². The number of rotatable bonds is 0. The molecule has 1 aliphatic carbocycles. The Morgan fingerprint density at radius 1 is 1.38 bits per heavy atom. The van der Waals surface area contributed by atoms with Gasteiger partial charge < -0.3 is 4.74 Å². The van der Waals surface area contributed by atoms with Crippen LogP contribution in [0, 0.1) is 17.8 Å². The number of hydrogen-bond donors (Lipinski definition) is 1. The summed E-state index contributed by atoms with van der Waals surface area (Å²) in [5.74, 6) is 4.60. The summed E-state index contributed by atoms with van der Waals surface area (Å²) in [7, 11) is 0. The van der Waals surface area contributed by atoms with Crippen LogP contribution >= 0.6 is 11.6 Å². The lowest BCUT2D eigenvalue weighted by atomic mass is 10.1. The van der Waals surface area contributed by atoms with Crippen molar-refractivity contribution in [2.24, 2.45) is 5.92 Å². The molecule has 1 unspecified atom stereocenters. The number of nitrogens with one attached hydrogen (secondary N) is 1. The average molecular weight is 322 g/mol. The molecular weight excluding hydrogens is 313 g/mol. The molecule has 1 saturated carbocycles. The van der Waals surface area contributed by atoms with Crippen molar-refractivity contribution in [3.63, 3.8) is 0 Å². The topological polar surface area (TPSA) is 38.3 Å². The highest BCUT2D eigenvalue weighted by Crippen LogP contribution is 2.48. The number of halogens is 4. The Morgan fingerprint density at radius 3 is 2.71 bits per heavy atom. The van der Waals surface area contributed by atoms with E-state index in [1.54, 1.807) is 0 Å². The molecule has 1 aromatic rings. The maximum absolute atomic E-state index is 13.6. The van der Waals surface area contributed by atoms with Gasteiger partial charge in [-0.05, 0) is 37.0 Å². The van der Waals surface area contributed by atoms with Crippen molar-refractivity contribution in [2.45, 2.75) is 24.6 Å². The highest BCUT2D eigenvalue weighted by atomic mass is 35.5. The van der Waals surface area contributed by atoms with E-state index in [1.165, 1.54) is 12.1 Å². The van der Waals surface area contributed by atoms with Crippen LogP contribution < -0.4 is 5.32 Å². The molecule has 1 heterocycles. The summed E-state index contributed by atoms with van der Waals surface area (Å²) in [6.07, 6.45) is -4.54. The molecule has 0 bridgehead atoms. The predicted octanol–water partition coefficient (Wildman–Crippen LogP) is 4.07. The van der Waals surface area contributed by atoms with Gasteiger partial charge in [0.2, 0.25) is 0 Å². The summed E-state index contributed by atoms with van der Waals surface area (Å²) >= 11 is 5.78. The number of carbonyl (C=O) groups excluding carboxylic acids is 1. The van der Waals surface area contributed by atoms with Gasteiger partial charge >= 0.3 is 12.3 Å². The molecule has 1 aromatic carbocycles. The first-order valence-corrected chi connectivity index (χ1v) is 6.59. The molecule has 21 heavy (non-hydrogen) atoms. The maximum atomic E-state index is 13.6. The molecular formula is C14H9ClF3NO2. The molecule has 3 nitrogen and oxygen atoms in total. The van der Waals surface area contributed by atoms with Crippen LogP contribution in [0.1, 0.15) is 18.4 Å². The monoisotopic (exact) mass is 321 g/mol. The molecule has 1 aliphatic heterocycles. The van der Waals surface area contributed by atoms with Crippen molar-refractivity contribution in [3.8, 4) is 11.8 Å². The van der Waals surface area contributed by atoms with Gasteiger partial charge in [-0.1, -0.05) is 17.5 Å². The van der Waals surface area contributed by atoms with Crippen LogP contribution in [0.2, 0.25) is 5.02 Å². The largest absolute Gasteiger partial charge is 0.445 e. The first-order valence-electron chi connectivity index (χ1n) is 6.21. The number of alkyl halides is 3. The van der Waals surface area contributed by atoms with E-state index in [-0.39, 0.29) is 22.2 Å². The Labute approximate surface area is 123 Å². The van der Waals surface area contributed by atoms with Crippen LogP contribution in [-0.2, 0) is 10.3 Å². The number of benzene rings is 1. The number of cyclic esters (lactones) is 1. The van der Waals surface area contributed by atoms with Crippen molar-refractivity contribution in [1.29, 1.82) is 0 Å². The van der Waals surface area contributed by atoms with E-state index in [2.05, 4.69) is 21.9 Å². The summed E-state index contributed by atoms with van der Waals surface area (Å²) in [5, 5.41) is 2.34. The summed E-state index contributed by atoms with van der Waals surface area (Å²) in [6, 6.07) is 3.81. The molecule has 3 rings (SSSR count). The molecule has 1 fully saturated rings. The van der Waals surface area contributed by atoms with Gasteiger partial charge in [0.1, 0.15) is 0 Å². The molecule has 0 spiro atoms. The average Bonchev–Trinajstić information content (AvgIpc) is 3.19. The molecule has 0 saturated heterocycles. The fourth-order valence-electron chi connectivity index (χ4n) is 2.05. The highest BCUT2D eigenvalue weighted by molar-refractivity contribution is 6.30. The number of amides is 1. The summed E-state index contributed by atoms with van der Waals surface area (Å²) in [4.78, 5) is 11.5. The zero-order chi connectivity index (χ0) is 15.3. The van der Waals surface area contributed by atoms with Gasteiger partial charge in [-0.3, -0.25) is 5.32 Å². The lowest BCUT2D eigenvalue weighted by Gasteiger charge is -2.35. The minimum absolute atomic E-state index is 0.00179. The van der Waals surface area contributed by atoms with Crippen LogP contribution in [0.15, 0.2) is 18.2 Å². The lowest BCUT2D eigenvalue weighted by molar-refractivity contribution is -0.239. The minimum Gasteiger partial charge on any atom is -0.415 e. The maximum Gasteiger partial charge on any atom is 0.445 e. The minimum atomic E-state index is -4.87. The van der Waals surface area contributed by atoms with Gasteiger partial charge in [0.15, 0.2) is 0 Å². The second kappa shape index (κ2) is 4.57. The van der Waals surface area contributed by atoms with Crippen LogP contribution in [0.3, 0.4) is 0 Å². The Morgan fingerprint density at radius 2 is 2.10 bits per heavy atom. The van der Waals surface area contributed by atoms with Crippen molar-refractivity contribution in [3.05, 3.63) is 28.8 Å². The van der Waals surface area contributed by atoms with Gasteiger partial charge in [0.05, 0.1) is 5.69 Å². The third kappa shape index (κ3) is 2.42. The molecule has 7 heteroatoms. The van der Waals surface area contributed by atoms with Crippen LogP contribution in [-0.4, -0.2) is 12.3 Å². The third-order valence-electron chi connectivity index (χ3n) is 3.27. The fraction of sp³-hybridized carbons (Fsp3) is 0.357. The second-order valence-electron chi connectivity index (χ2n) is 4.93. The van der Waals surface area contributed by atoms with E-state index < -0.39 is 17.9 Å². The Kier molecular flexibility index (Phi) is 3.06. The molecule has 1 atom stereocenters. The zero-order valence-electron chi connectivity index (χ0n) is 10.6. The summed E-state index contributed by atoms with van der Waals surface area (Å²) < 4.78 is 45.4. The summed E-state index contributed by atoms with van der Waals surface area (Å²) in [6.45, 7) is 0. The second-order valence-corrected chi connectivity index (χ2v) is 5.36. The van der Waals surface area contributed by atoms with E-state index in [0.29, 0.717) is 0 Å². The van der Waals surface area contributed by atoms with Crippen LogP contribution in [0.4, 0.5) is 23.7 Å². The van der Waals surface area contributed by atoms with Gasteiger partial charge in [0, 0.05) is 16.5 Å². The first kappa shape index (κ1) is 14.1. The van der Waals surface area contributed by atoms with E-state index in [9.17, 15) is 18.0 Å². The quantitative estimate of drug-likeness (QED) is 0.731. The number of hydrogen-bond acceptors (Lipinski definition) is 2. The number of ether oxygens (including phenoxy) is 1. The van der Waals surface area contributed by atoms with Gasteiger partial charge in [-0.2, -0.15) is 13.2 Å². The first-order chi connectivity index (χ1) is 9.82. The van der Waals surface area contributed by atoms with Gasteiger partial charge in [-0.25, -0.2) is 4.79 Å². The van der Waals surface area contributed by atoms with Crippen LogP contribution in [0.25, 0.3) is 0 Å². The highest BCUT2D eigenvalue weighted by Gasteiger charge is 2.62. The smallest absolute Gasteiger partial charge is 0.415 e. The van der Waals surface area contributed by atoms with Gasteiger partial charge in [0.25, 0.3) is 5.60 Å². The Hall–Kier alpha value is -1.87. The predicted molar refractivity (Wildman–Crippen MR) is 69.8 cm³/mol. The lowest BCUT2D eigenvalue weighted by Crippen LogP contribution is -2.49. The number of anilines is 1. The molecule has 0 radical (unpaired) electrons. The fourth-order valence-corrected chi connectivity index (χ4v) is 2.22. The summed E-state index contributed by atoms with van der Waals surface area (Å²) in [5.41, 5.74) is -3.27. The molecule has 1 amide bonds. The van der Waals surface area contributed by atoms with E-state index in [0.717, 1.165) is 18.9 Å². The standard InChI is InChI=1S/C14H9ClF3NO2/c15-9-3-4-11-10(7-9)13(14(16,17)18,21-12(20)19-11)6-5-8-1-2-8/h3-4,7-8H,1-2H2,(H,19,20)/i3+1,4+1,7+1,9+1,10+1,11+1. The van der Waals surface area contributed by atoms with E-state index in [4.69, 9.17) is 11.6 Å². The molecule has 110 valence electrons. The Balaban J connectivity index is 2.22. The van der Waals surface area contributed by atoms with Crippen LogP contribution in [0.5, 0.6) is 0 Å². The number of carbonyl (C=O) groups is 1. The molecule has 2 aliphatic rings. The number of fused-ring (bicyclic) bond motifs is 1. The van der Waals surface area contributed by atoms with Crippen molar-refractivity contribution in [2.75, 3.05) is 5.32 Å². The molecule has 1 N–H and O–H groups in total. The van der Waals surface area contributed by atoms with Gasteiger partial charge in [-0.15, -0.1) is 0 Å². The van der Waals surface area contributed by atoms with Crippen molar-refractivity contribution in [1.82, 2.24) is 0 Å². The zero-order valence-corrected chi connectivity index (χ0v) is 11.3.